The minimum atomic E-state index is -0.364. The number of amides is 1. The number of thiocarbonyl (C=S) groups is 1. The van der Waals surface area contributed by atoms with Gasteiger partial charge in [-0.2, -0.15) is 0 Å². The second-order valence-corrected chi connectivity index (χ2v) is 7.07. The molecule has 1 amide bonds. The zero-order valence-electron chi connectivity index (χ0n) is 12.4. The van der Waals surface area contributed by atoms with Gasteiger partial charge >= 0.3 is 0 Å². The predicted molar refractivity (Wildman–Crippen MR) is 93.7 cm³/mol. The zero-order valence-corrected chi connectivity index (χ0v) is 14.0. The maximum atomic E-state index is 13.2. The van der Waals surface area contributed by atoms with Gasteiger partial charge < -0.3 is 4.90 Å². The van der Waals surface area contributed by atoms with Crippen molar-refractivity contribution in [2.24, 2.45) is 0 Å². The van der Waals surface area contributed by atoms with Crippen LogP contribution in [0.3, 0.4) is 0 Å². The van der Waals surface area contributed by atoms with Crippen molar-refractivity contribution in [3.63, 3.8) is 0 Å². The Labute approximate surface area is 147 Å². The molecular formula is C17H12F2N2OS2. The Morgan fingerprint density at radius 3 is 2.21 bits per heavy atom. The van der Waals surface area contributed by atoms with Crippen molar-refractivity contribution in [3.05, 3.63) is 65.7 Å². The molecule has 2 fully saturated rings. The summed E-state index contributed by atoms with van der Waals surface area (Å²) in [7, 11) is 0. The second kappa shape index (κ2) is 5.82. The second-order valence-electron chi connectivity index (χ2n) is 5.59. The fourth-order valence-corrected chi connectivity index (χ4v) is 4.92. The van der Waals surface area contributed by atoms with Crippen LogP contribution in [0.15, 0.2) is 48.5 Å². The SMILES string of the molecule is O=C1[C@@H]2CS[C@@H](c3ccc(F)cc3)N2C(=S)N1c1ccc(F)cc1. The van der Waals surface area contributed by atoms with Crippen LogP contribution in [0.5, 0.6) is 0 Å². The summed E-state index contributed by atoms with van der Waals surface area (Å²) in [5, 5.41) is 0.272. The maximum absolute atomic E-state index is 13.2. The van der Waals surface area contributed by atoms with Crippen molar-refractivity contribution in [1.29, 1.82) is 0 Å². The molecule has 2 aromatic rings. The number of hydrogen-bond acceptors (Lipinski definition) is 3. The Kier molecular flexibility index (Phi) is 3.77. The molecule has 0 aromatic heterocycles. The molecule has 0 unspecified atom stereocenters. The smallest absolute Gasteiger partial charge is 0.257 e. The van der Waals surface area contributed by atoms with Crippen LogP contribution in [0.25, 0.3) is 0 Å². The highest BCUT2D eigenvalue weighted by atomic mass is 32.2. The van der Waals surface area contributed by atoms with Gasteiger partial charge in [-0.05, 0) is 54.2 Å². The number of rotatable bonds is 2. The fraction of sp³-hybridized carbons (Fsp3) is 0.176. The minimum absolute atomic E-state index is 0.108. The summed E-state index contributed by atoms with van der Waals surface area (Å²) < 4.78 is 26.3. The first kappa shape index (κ1) is 15.5. The number of carbonyl (C=O) groups excluding carboxylic acids is 1. The lowest BCUT2D eigenvalue weighted by molar-refractivity contribution is -0.119. The average Bonchev–Trinajstić information content (AvgIpc) is 3.11. The topological polar surface area (TPSA) is 23.6 Å². The summed E-state index contributed by atoms with van der Waals surface area (Å²) in [6.45, 7) is 0. The average molecular weight is 362 g/mol. The van der Waals surface area contributed by atoms with Crippen LogP contribution in [-0.4, -0.2) is 27.7 Å². The third-order valence-corrected chi connectivity index (χ3v) is 5.87. The van der Waals surface area contributed by atoms with Gasteiger partial charge in [0.15, 0.2) is 5.11 Å². The van der Waals surface area contributed by atoms with E-state index >= 15 is 0 Å². The third-order valence-electron chi connectivity index (χ3n) is 4.16. The summed E-state index contributed by atoms with van der Waals surface area (Å²) in [5.74, 6) is -0.162. The third kappa shape index (κ3) is 2.39. The molecule has 2 aliphatic heterocycles. The largest absolute Gasteiger partial charge is 0.319 e. The molecule has 122 valence electrons. The van der Waals surface area contributed by atoms with Crippen molar-refractivity contribution in [2.75, 3.05) is 10.7 Å². The number of halogens is 2. The van der Waals surface area contributed by atoms with Crippen molar-refractivity contribution >= 4 is 40.7 Å². The highest BCUT2D eigenvalue weighted by Crippen LogP contribution is 2.46. The number of nitrogens with zero attached hydrogens (tertiary/aromatic N) is 2. The van der Waals surface area contributed by atoms with Gasteiger partial charge in [0.1, 0.15) is 23.1 Å². The Morgan fingerprint density at radius 1 is 1.00 bits per heavy atom. The van der Waals surface area contributed by atoms with E-state index in [9.17, 15) is 13.6 Å². The van der Waals surface area contributed by atoms with E-state index in [1.807, 2.05) is 4.90 Å². The molecule has 2 aromatic carbocycles. The van der Waals surface area contributed by atoms with Crippen molar-refractivity contribution in [2.45, 2.75) is 11.4 Å². The molecular weight excluding hydrogens is 350 g/mol. The number of anilines is 1. The monoisotopic (exact) mass is 362 g/mol. The lowest BCUT2D eigenvalue weighted by atomic mass is 10.2. The molecule has 2 saturated heterocycles. The van der Waals surface area contributed by atoms with E-state index in [1.54, 1.807) is 36.0 Å². The van der Waals surface area contributed by atoms with Crippen LogP contribution in [0.4, 0.5) is 14.5 Å². The summed E-state index contributed by atoms with van der Waals surface area (Å²) >= 11 is 7.13. The van der Waals surface area contributed by atoms with Crippen LogP contribution >= 0.6 is 24.0 Å². The van der Waals surface area contributed by atoms with Crippen LogP contribution in [-0.2, 0) is 4.79 Å². The van der Waals surface area contributed by atoms with E-state index in [-0.39, 0.29) is 29.0 Å². The van der Waals surface area contributed by atoms with Gasteiger partial charge in [0.05, 0.1) is 5.69 Å². The van der Waals surface area contributed by atoms with Crippen LogP contribution in [0, 0.1) is 11.6 Å². The molecule has 2 heterocycles. The molecule has 0 radical (unpaired) electrons. The lowest BCUT2D eigenvalue weighted by Crippen LogP contribution is -2.33. The predicted octanol–water partition coefficient (Wildman–Crippen LogP) is 3.71. The standard InChI is InChI=1S/C17H12F2N2OS2/c18-11-3-1-10(2-4-11)16-21-14(9-24-16)15(22)20(17(21)23)13-7-5-12(19)6-8-13/h1-8,14,16H,9H2/t14-,16-/m0/s1. The van der Waals surface area contributed by atoms with Gasteiger partial charge in [-0.3, -0.25) is 9.69 Å². The van der Waals surface area contributed by atoms with E-state index in [1.165, 1.54) is 29.2 Å². The van der Waals surface area contributed by atoms with Crippen molar-refractivity contribution in [3.8, 4) is 0 Å². The number of carbonyl (C=O) groups is 1. The van der Waals surface area contributed by atoms with E-state index in [4.69, 9.17) is 12.2 Å². The normalized spacial score (nSPS) is 23.1. The molecule has 0 spiro atoms. The Hall–Kier alpha value is -1.99. The minimum Gasteiger partial charge on any atom is -0.319 e. The molecule has 2 aliphatic rings. The van der Waals surface area contributed by atoms with Crippen LogP contribution < -0.4 is 4.90 Å². The Balaban J connectivity index is 1.67. The molecule has 2 atom stereocenters. The molecule has 24 heavy (non-hydrogen) atoms. The summed E-state index contributed by atoms with van der Waals surface area (Å²) in [4.78, 5) is 16.1. The molecule has 4 rings (SSSR count). The molecule has 7 heteroatoms. The van der Waals surface area contributed by atoms with Crippen LogP contribution in [0.2, 0.25) is 0 Å². The van der Waals surface area contributed by atoms with Crippen molar-refractivity contribution < 1.29 is 13.6 Å². The molecule has 0 saturated carbocycles. The van der Waals surface area contributed by atoms with E-state index < -0.39 is 0 Å². The van der Waals surface area contributed by atoms with E-state index in [0.29, 0.717) is 16.6 Å². The van der Waals surface area contributed by atoms with Gasteiger partial charge in [0, 0.05) is 5.75 Å². The Bertz CT molecular complexity index is 810. The zero-order chi connectivity index (χ0) is 16.8. The highest BCUT2D eigenvalue weighted by molar-refractivity contribution is 7.99. The maximum Gasteiger partial charge on any atom is 0.257 e. The van der Waals surface area contributed by atoms with Gasteiger partial charge in [-0.25, -0.2) is 8.78 Å². The molecule has 0 bridgehead atoms. The summed E-state index contributed by atoms with van der Waals surface area (Å²) in [6.07, 6.45) is 0. The lowest BCUT2D eigenvalue weighted by Gasteiger charge is -2.25. The van der Waals surface area contributed by atoms with Crippen LogP contribution in [0.1, 0.15) is 10.9 Å². The van der Waals surface area contributed by atoms with Gasteiger partial charge in [-0.1, -0.05) is 12.1 Å². The summed E-state index contributed by atoms with van der Waals surface area (Å²) in [6, 6.07) is 11.6. The molecule has 0 N–H and O–H groups in total. The van der Waals surface area contributed by atoms with Gasteiger partial charge in [0.25, 0.3) is 5.91 Å². The first-order valence-electron chi connectivity index (χ1n) is 7.35. The number of thioether (sulfide) groups is 1. The first-order chi connectivity index (χ1) is 11.6. The summed E-state index contributed by atoms with van der Waals surface area (Å²) in [5.41, 5.74) is 1.46. The van der Waals surface area contributed by atoms with E-state index in [2.05, 4.69) is 0 Å². The number of benzene rings is 2. The quantitative estimate of drug-likeness (QED) is 0.760. The number of hydrogen-bond donors (Lipinski definition) is 0. The Morgan fingerprint density at radius 2 is 1.58 bits per heavy atom. The molecule has 3 nitrogen and oxygen atoms in total. The molecule has 0 aliphatic carbocycles. The highest BCUT2D eigenvalue weighted by Gasteiger charge is 2.50. The van der Waals surface area contributed by atoms with Gasteiger partial charge in [0.2, 0.25) is 0 Å². The number of fused-ring (bicyclic) bond motifs is 1. The van der Waals surface area contributed by atoms with E-state index in [0.717, 1.165) is 5.56 Å². The van der Waals surface area contributed by atoms with Crippen molar-refractivity contribution in [1.82, 2.24) is 4.90 Å². The fourth-order valence-electron chi connectivity index (χ4n) is 3.00. The van der Waals surface area contributed by atoms with Gasteiger partial charge in [-0.15, -0.1) is 11.8 Å². The first-order valence-corrected chi connectivity index (χ1v) is 8.81.